The highest BCUT2D eigenvalue weighted by Crippen LogP contribution is 2.71. The summed E-state index contributed by atoms with van der Waals surface area (Å²) in [6, 6.07) is 27.6. The molecule has 1 N–H and O–H groups in total. The zero-order valence-corrected chi connectivity index (χ0v) is 19.5. The first-order chi connectivity index (χ1) is 16.1. The van der Waals surface area contributed by atoms with Crippen molar-refractivity contribution in [1.29, 1.82) is 0 Å². The topological polar surface area (TPSA) is 46.5 Å². The van der Waals surface area contributed by atoms with E-state index in [2.05, 4.69) is 24.3 Å². The number of phenolic OH excluding ortho intramolecular Hbond substituents is 1. The second-order valence-corrected chi connectivity index (χ2v) is 12.9. The summed E-state index contributed by atoms with van der Waals surface area (Å²) in [5.74, 6) is 2.22. The molecule has 4 aliphatic carbocycles. The van der Waals surface area contributed by atoms with Gasteiger partial charge in [-0.15, -0.1) is 0 Å². The van der Waals surface area contributed by atoms with Crippen LogP contribution in [0.5, 0.6) is 5.75 Å². The average Bonchev–Trinajstić information content (AvgIpc) is 2.83. The zero-order valence-electron chi connectivity index (χ0n) is 18.7. The first kappa shape index (κ1) is 20.9. The Labute approximate surface area is 197 Å². The van der Waals surface area contributed by atoms with Gasteiger partial charge in [-0.25, -0.2) is 0 Å². The van der Waals surface area contributed by atoms with Gasteiger partial charge in [0.1, 0.15) is 5.75 Å². The van der Waals surface area contributed by atoms with Crippen molar-refractivity contribution in [1.82, 2.24) is 0 Å². The Kier molecular flexibility index (Phi) is 5.02. The van der Waals surface area contributed by atoms with Gasteiger partial charge in [0.25, 0.3) is 0 Å². The van der Waals surface area contributed by atoms with Gasteiger partial charge >= 0.3 is 5.97 Å². The van der Waals surface area contributed by atoms with Gasteiger partial charge < -0.3 is 9.29 Å². The summed E-state index contributed by atoms with van der Waals surface area (Å²) in [5.41, 5.74) is -0.340. The van der Waals surface area contributed by atoms with Crippen molar-refractivity contribution in [2.24, 2.45) is 23.2 Å². The highest BCUT2D eigenvalue weighted by molar-refractivity contribution is 8.30. The molecule has 0 heterocycles. The third-order valence-electron chi connectivity index (χ3n) is 7.99. The fourth-order valence-corrected chi connectivity index (χ4v) is 10.1. The maximum Gasteiger partial charge on any atom is 0.323 e. The lowest BCUT2D eigenvalue weighted by molar-refractivity contribution is -0.160. The molecule has 3 nitrogen and oxygen atoms in total. The molecule has 7 rings (SSSR count). The van der Waals surface area contributed by atoms with Crippen LogP contribution in [0.4, 0.5) is 0 Å². The van der Waals surface area contributed by atoms with Gasteiger partial charge in [-0.05, 0) is 115 Å². The van der Waals surface area contributed by atoms with Gasteiger partial charge in [0, 0.05) is 14.7 Å². The molecule has 170 valence electrons. The van der Waals surface area contributed by atoms with Crippen molar-refractivity contribution in [3.8, 4) is 5.75 Å². The Bertz CT molecular complexity index is 1070. The van der Waals surface area contributed by atoms with Crippen LogP contribution in [0.3, 0.4) is 0 Å². The van der Waals surface area contributed by atoms with Crippen LogP contribution in [0.2, 0.25) is 0 Å². The van der Waals surface area contributed by atoms with Crippen LogP contribution in [0.1, 0.15) is 38.5 Å². The van der Waals surface area contributed by atoms with Crippen LogP contribution >= 0.6 is 10.3 Å². The average molecular weight is 459 g/mol. The number of phenols is 1. The summed E-state index contributed by atoms with van der Waals surface area (Å²) < 4.78 is 6.88. The molecule has 0 aliphatic heterocycles. The Hall–Kier alpha value is -2.72. The molecule has 4 aliphatic rings. The maximum absolute atomic E-state index is 14.2. The van der Waals surface area contributed by atoms with Crippen LogP contribution in [0.25, 0.3) is 0 Å². The molecular weight excluding hydrogens is 428 g/mol. The van der Waals surface area contributed by atoms with Crippen molar-refractivity contribution in [2.75, 3.05) is 0 Å². The Morgan fingerprint density at radius 3 is 1.58 bits per heavy atom. The lowest BCUT2D eigenvalue weighted by Gasteiger charge is -2.56. The summed E-state index contributed by atoms with van der Waals surface area (Å²) in [4.78, 5) is 17.2. The number of hydrogen-bond donors (Lipinski definition) is 1. The minimum atomic E-state index is -2.30. The summed E-state index contributed by atoms with van der Waals surface area (Å²) in [6.07, 6.45) is 6.81. The normalized spacial score (nSPS) is 28.4. The van der Waals surface area contributed by atoms with Gasteiger partial charge in [-0.2, -0.15) is 0 Å². The largest absolute Gasteiger partial charge is 0.508 e. The molecule has 0 aromatic heterocycles. The predicted molar refractivity (Wildman–Crippen MR) is 130 cm³/mol. The van der Waals surface area contributed by atoms with Crippen molar-refractivity contribution in [2.45, 2.75) is 53.2 Å². The van der Waals surface area contributed by atoms with Gasteiger partial charge in [-0.1, -0.05) is 36.4 Å². The molecule has 3 aromatic rings. The molecule has 4 heteroatoms. The lowest BCUT2D eigenvalue weighted by atomic mass is 9.49. The highest BCUT2D eigenvalue weighted by Gasteiger charge is 2.56. The quantitative estimate of drug-likeness (QED) is 0.435. The van der Waals surface area contributed by atoms with Crippen LogP contribution in [0, 0.1) is 23.2 Å². The number of aromatic hydroxyl groups is 1. The third-order valence-corrected chi connectivity index (χ3v) is 11.2. The highest BCUT2D eigenvalue weighted by atomic mass is 32.3. The zero-order chi connectivity index (χ0) is 22.5. The van der Waals surface area contributed by atoms with E-state index in [4.69, 9.17) is 4.18 Å². The van der Waals surface area contributed by atoms with E-state index in [1.54, 1.807) is 12.1 Å². The van der Waals surface area contributed by atoms with E-state index in [-0.39, 0.29) is 17.1 Å². The molecule has 0 spiro atoms. The summed E-state index contributed by atoms with van der Waals surface area (Å²) in [6.45, 7) is 0. The van der Waals surface area contributed by atoms with Crippen molar-refractivity contribution in [3.63, 3.8) is 0 Å². The number of carbonyl (C=O) groups excluding carboxylic acids is 1. The predicted octanol–water partition coefficient (Wildman–Crippen LogP) is 7.35. The number of rotatable bonds is 5. The van der Waals surface area contributed by atoms with Crippen LogP contribution in [-0.4, -0.2) is 11.1 Å². The maximum atomic E-state index is 14.2. The molecule has 3 aromatic carbocycles. The van der Waals surface area contributed by atoms with E-state index in [0.717, 1.165) is 33.9 Å². The second-order valence-electron chi connectivity index (χ2n) is 10.2. The van der Waals surface area contributed by atoms with Crippen molar-refractivity contribution < 1.29 is 14.1 Å². The number of hydrogen-bond acceptors (Lipinski definition) is 3. The van der Waals surface area contributed by atoms with E-state index < -0.39 is 10.3 Å². The fourth-order valence-electron chi connectivity index (χ4n) is 6.98. The van der Waals surface area contributed by atoms with Gasteiger partial charge in [-0.3, -0.25) is 4.79 Å². The third kappa shape index (κ3) is 3.47. The van der Waals surface area contributed by atoms with Crippen LogP contribution in [0.15, 0.2) is 99.6 Å². The molecule has 0 radical (unpaired) electrons. The standard InChI is InChI=1S/C29H30O3S/c30-24-11-13-27(14-12-24)33(25-7-3-1-4-8-25,26-9-5-2-6-10-26)32-28(31)29-18-21-15-22(19-29)17-23(16-21)20-29/h1-14,21-23,30H,15-20H2. The molecule has 4 bridgehead atoms. The molecule has 4 fully saturated rings. The van der Waals surface area contributed by atoms with E-state index >= 15 is 0 Å². The molecule has 0 saturated heterocycles. The van der Waals surface area contributed by atoms with Crippen LogP contribution < -0.4 is 0 Å². The van der Waals surface area contributed by atoms with E-state index in [1.807, 2.05) is 48.5 Å². The van der Waals surface area contributed by atoms with Gasteiger partial charge in [0.05, 0.1) is 5.41 Å². The Balaban J connectivity index is 1.50. The molecule has 33 heavy (non-hydrogen) atoms. The van der Waals surface area contributed by atoms with Crippen molar-refractivity contribution >= 4 is 16.3 Å². The SMILES string of the molecule is O=C(OS(c1ccccc1)(c1ccccc1)c1ccc(O)cc1)C12CC3CC(CC(C3)C1)C2. The molecule has 0 atom stereocenters. The van der Waals surface area contributed by atoms with Gasteiger partial charge in [0.15, 0.2) is 0 Å². The van der Waals surface area contributed by atoms with Crippen LogP contribution in [-0.2, 0) is 8.98 Å². The smallest absolute Gasteiger partial charge is 0.323 e. The number of carbonyl (C=O) groups is 1. The monoisotopic (exact) mass is 458 g/mol. The van der Waals surface area contributed by atoms with E-state index in [0.29, 0.717) is 17.8 Å². The minimum Gasteiger partial charge on any atom is -0.508 e. The lowest BCUT2D eigenvalue weighted by Crippen LogP contribution is -2.50. The number of benzene rings is 3. The summed E-state index contributed by atoms with van der Waals surface area (Å²) in [5, 5.41) is 10.0. The first-order valence-electron chi connectivity index (χ1n) is 12.0. The molecule has 0 amide bonds. The van der Waals surface area contributed by atoms with E-state index in [9.17, 15) is 9.90 Å². The fraction of sp³-hybridized carbons (Fsp3) is 0.345. The summed E-state index contributed by atoms with van der Waals surface area (Å²) in [7, 11) is -2.30. The van der Waals surface area contributed by atoms with Gasteiger partial charge in [0.2, 0.25) is 0 Å². The second kappa shape index (κ2) is 7.95. The molecular formula is C29H30O3S. The molecule has 4 saturated carbocycles. The minimum absolute atomic E-state index is 0.0163. The van der Waals surface area contributed by atoms with Crippen molar-refractivity contribution in [3.05, 3.63) is 84.9 Å². The Morgan fingerprint density at radius 2 is 1.12 bits per heavy atom. The Morgan fingerprint density at radius 1 is 0.697 bits per heavy atom. The van der Waals surface area contributed by atoms with E-state index in [1.165, 1.54) is 19.3 Å². The summed E-state index contributed by atoms with van der Waals surface area (Å²) >= 11 is 0. The molecule has 0 unspecified atom stereocenters. The first-order valence-corrected chi connectivity index (χ1v) is 13.6.